The average molecular weight is 375 g/mol. The molecule has 2 heterocycles. The number of hydrogen-bond donors (Lipinski definition) is 1. The van der Waals surface area contributed by atoms with E-state index < -0.39 is 5.97 Å². The van der Waals surface area contributed by atoms with E-state index in [1.165, 1.54) is 0 Å². The Morgan fingerprint density at radius 1 is 1.07 bits per heavy atom. The SMILES string of the molecule is O=C(O)CCN(C(=O)[C@@H]1C[C@H]1c1ccc2c(c1)OCCO2)C1CCOCC1. The smallest absolute Gasteiger partial charge is 0.305 e. The van der Waals surface area contributed by atoms with Crippen molar-refractivity contribution in [2.75, 3.05) is 33.0 Å². The van der Waals surface area contributed by atoms with Gasteiger partial charge in [0.25, 0.3) is 0 Å². The van der Waals surface area contributed by atoms with Crippen LogP contribution in [0.15, 0.2) is 18.2 Å². The van der Waals surface area contributed by atoms with Crippen LogP contribution in [0.2, 0.25) is 0 Å². The Hall–Kier alpha value is -2.28. The van der Waals surface area contributed by atoms with Gasteiger partial charge < -0.3 is 24.2 Å². The van der Waals surface area contributed by atoms with Crippen LogP contribution in [-0.4, -0.2) is 60.9 Å². The summed E-state index contributed by atoms with van der Waals surface area (Å²) >= 11 is 0. The van der Waals surface area contributed by atoms with Gasteiger partial charge in [-0.25, -0.2) is 0 Å². The van der Waals surface area contributed by atoms with Gasteiger partial charge in [0.05, 0.1) is 6.42 Å². The van der Waals surface area contributed by atoms with Gasteiger partial charge in [0.15, 0.2) is 11.5 Å². The van der Waals surface area contributed by atoms with E-state index in [1.54, 1.807) is 4.90 Å². The Kier molecular flexibility index (Phi) is 5.20. The van der Waals surface area contributed by atoms with Crippen LogP contribution in [-0.2, 0) is 14.3 Å². The molecule has 2 aliphatic heterocycles. The molecular formula is C20H25NO6. The third kappa shape index (κ3) is 4.03. The molecule has 1 aromatic carbocycles. The molecule has 7 heteroatoms. The zero-order valence-electron chi connectivity index (χ0n) is 15.3. The highest BCUT2D eigenvalue weighted by atomic mass is 16.6. The number of fused-ring (bicyclic) bond motifs is 1. The first-order chi connectivity index (χ1) is 13.1. The van der Waals surface area contributed by atoms with Crippen molar-refractivity contribution in [3.05, 3.63) is 23.8 Å². The highest BCUT2D eigenvalue weighted by Crippen LogP contribution is 2.50. The second-order valence-electron chi connectivity index (χ2n) is 7.37. The number of amides is 1. The topological polar surface area (TPSA) is 85.3 Å². The molecule has 0 bridgehead atoms. The minimum absolute atomic E-state index is 0.0233. The van der Waals surface area contributed by atoms with Crippen molar-refractivity contribution in [1.29, 1.82) is 0 Å². The minimum Gasteiger partial charge on any atom is -0.486 e. The second-order valence-corrected chi connectivity index (χ2v) is 7.37. The van der Waals surface area contributed by atoms with E-state index in [9.17, 15) is 9.59 Å². The zero-order chi connectivity index (χ0) is 18.8. The van der Waals surface area contributed by atoms with Gasteiger partial charge in [0.2, 0.25) is 5.91 Å². The second kappa shape index (κ2) is 7.76. The van der Waals surface area contributed by atoms with E-state index >= 15 is 0 Å². The Balaban J connectivity index is 1.45. The van der Waals surface area contributed by atoms with Crippen molar-refractivity contribution in [1.82, 2.24) is 4.90 Å². The summed E-state index contributed by atoms with van der Waals surface area (Å²) in [5.41, 5.74) is 1.09. The molecule has 2 atom stereocenters. The van der Waals surface area contributed by atoms with E-state index in [4.69, 9.17) is 19.3 Å². The summed E-state index contributed by atoms with van der Waals surface area (Å²) in [4.78, 5) is 25.9. The molecule has 3 aliphatic rings. The fourth-order valence-electron chi connectivity index (χ4n) is 4.03. The molecule has 146 valence electrons. The molecule has 1 N–H and O–H groups in total. The molecule has 0 unspecified atom stereocenters. The van der Waals surface area contributed by atoms with Gasteiger partial charge in [0, 0.05) is 31.7 Å². The Labute approximate surface area is 158 Å². The summed E-state index contributed by atoms with van der Waals surface area (Å²) in [7, 11) is 0. The number of carbonyl (C=O) groups excluding carboxylic acids is 1. The predicted octanol–water partition coefficient (Wildman–Crippen LogP) is 2.04. The molecule has 1 saturated carbocycles. The number of benzene rings is 1. The summed E-state index contributed by atoms with van der Waals surface area (Å²) in [6.07, 6.45) is 2.31. The molecule has 27 heavy (non-hydrogen) atoms. The standard InChI is InChI=1S/C20H25NO6/c22-19(23)3-6-21(14-4-7-25-8-5-14)20(24)16-12-15(16)13-1-2-17-18(11-13)27-10-9-26-17/h1-2,11,14-16H,3-10,12H2,(H,22,23)/t15-,16+/m0/s1. The molecule has 0 spiro atoms. The van der Waals surface area contributed by atoms with Crippen molar-refractivity contribution in [3.63, 3.8) is 0 Å². The van der Waals surface area contributed by atoms with Gasteiger partial charge in [0.1, 0.15) is 13.2 Å². The van der Waals surface area contributed by atoms with Crippen LogP contribution in [0, 0.1) is 5.92 Å². The lowest BCUT2D eigenvalue weighted by atomic mass is 10.0. The first-order valence-corrected chi connectivity index (χ1v) is 9.63. The van der Waals surface area contributed by atoms with Crippen molar-refractivity contribution in [2.45, 2.75) is 37.6 Å². The fourth-order valence-corrected chi connectivity index (χ4v) is 4.03. The molecular weight excluding hydrogens is 350 g/mol. The molecule has 7 nitrogen and oxygen atoms in total. The largest absolute Gasteiger partial charge is 0.486 e. The van der Waals surface area contributed by atoms with Gasteiger partial charge in [-0.2, -0.15) is 0 Å². The Morgan fingerprint density at radius 3 is 2.56 bits per heavy atom. The van der Waals surface area contributed by atoms with Gasteiger partial charge in [-0.15, -0.1) is 0 Å². The van der Waals surface area contributed by atoms with Gasteiger partial charge in [-0.3, -0.25) is 9.59 Å². The summed E-state index contributed by atoms with van der Waals surface area (Å²) in [6, 6.07) is 5.96. The number of ether oxygens (including phenoxy) is 3. The number of aliphatic carboxylic acids is 1. The first kappa shape index (κ1) is 18.1. The van der Waals surface area contributed by atoms with E-state index in [2.05, 4.69) is 0 Å². The molecule has 1 amide bonds. The van der Waals surface area contributed by atoms with E-state index in [-0.39, 0.29) is 36.8 Å². The monoisotopic (exact) mass is 375 g/mol. The molecule has 2 fully saturated rings. The maximum absolute atomic E-state index is 13.1. The lowest BCUT2D eigenvalue weighted by Crippen LogP contribution is -2.45. The van der Waals surface area contributed by atoms with E-state index in [0.29, 0.717) is 26.4 Å². The highest BCUT2D eigenvalue weighted by Gasteiger charge is 2.47. The minimum atomic E-state index is -0.876. The number of nitrogens with zero attached hydrogens (tertiary/aromatic N) is 1. The van der Waals surface area contributed by atoms with Gasteiger partial charge >= 0.3 is 5.97 Å². The van der Waals surface area contributed by atoms with Crippen LogP contribution in [0.3, 0.4) is 0 Å². The number of carboxylic acid groups (broad SMARTS) is 1. The number of carboxylic acids is 1. The third-order valence-electron chi connectivity index (χ3n) is 5.58. The highest BCUT2D eigenvalue weighted by molar-refractivity contribution is 5.84. The number of carbonyl (C=O) groups is 2. The third-order valence-corrected chi connectivity index (χ3v) is 5.58. The molecule has 1 aromatic rings. The molecule has 0 aromatic heterocycles. The molecule has 1 saturated heterocycles. The van der Waals surface area contributed by atoms with Crippen molar-refractivity contribution in [2.24, 2.45) is 5.92 Å². The summed E-state index contributed by atoms with van der Waals surface area (Å²) in [6.45, 7) is 2.61. The van der Waals surface area contributed by atoms with Crippen LogP contribution in [0.1, 0.15) is 37.2 Å². The first-order valence-electron chi connectivity index (χ1n) is 9.63. The van der Waals surface area contributed by atoms with Crippen LogP contribution in [0.25, 0.3) is 0 Å². The summed E-state index contributed by atoms with van der Waals surface area (Å²) in [5.74, 6) is 0.773. The maximum Gasteiger partial charge on any atom is 0.305 e. The van der Waals surface area contributed by atoms with Crippen molar-refractivity contribution in [3.8, 4) is 11.5 Å². The molecule has 0 radical (unpaired) electrons. The van der Waals surface area contributed by atoms with Gasteiger partial charge in [-0.1, -0.05) is 6.07 Å². The number of rotatable bonds is 6. The van der Waals surface area contributed by atoms with Crippen LogP contribution >= 0.6 is 0 Å². The van der Waals surface area contributed by atoms with Gasteiger partial charge in [-0.05, 0) is 42.9 Å². The number of hydrogen-bond acceptors (Lipinski definition) is 5. The summed E-state index contributed by atoms with van der Waals surface area (Å²) in [5, 5.41) is 9.05. The van der Waals surface area contributed by atoms with Crippen LogP contribution < -0.4 is 9.47 Å². The predicted molar refractivity (Wildman–Crippen MR) is 96.1 cm³/mol. The normalized spacial score (nSPS) is 24.3. The Bertz CT molecular complexity index is 714. The zero-order valence-corrected chi connectivity index (χ0v) is 15.3. The quantitative estimate of drug-likeness (QED) is 0.819. The molecule has 4 rings (SSSR count). The van der Waals surface area contributed by atoms with Crippen LogP contribution in [0.5, 0.6) is 11.5 Å². The van der Waals surface area contributed by atoms with E-state index in [0.717, 1.165) is 36.3 Å². The van der Waals surface area contributed by atoms with Crippen LogP contribution in [0.4, 0.5) is 0 Å². The lowest BCUT2D eigenvalue weighted by molar-refractivity contribution is -0.141. The fraction of sp³-hybridized carbons (Fsp3) is 0.600. The maximum atomic E-state index is 13.1. The summed E-state index contributed by atoms with van der Waals surface area (Å²) < 4.78 is 16.6. The molecule has 1 aliphatic carbocycles. The van der Waals surface area contributed by atoms with Crippen molar-refractivity contribution < 1.29 is 28.9 Å². The van der Waals surface area contributed by atoms with E-state index in [1.807, 2.05) is 18.2 Å². The Morgan fingerprint density at radius 2 is 1.81 bits per heavy atom. The lowest BCUT2D eigenvalue weighted by Gasteiger charge is -2.34. The van der Waals surface area contributed by atoms with Crippen molar-refractivity contribution >= 4 is 11.9 Å². The average Bonchev–Trinajstić information content (AvgIpc) is 3.49.